The molecule has 17 heavy (non-hydrogen) atoms. The van der Waals surface area contributed by atoms with Crippen molar-refractivity contribution in [1.29, 1.82) is 0 Å². The molecule has 0 amide bonds. The van der Waals surface area contributed by atoms with Crippen molar-refractivity contribution in [2.45, 2.75) is 32.2 Å². The number of benzene rings is 1. The lowest BCUT2D eigenvalue weighted by Crippen LogP contribution is -2.33. The van der Waals surface area contributed by atoms with Gasteiger partial charge in [0.1, 0.15) is 17.5 Å². The average Bonchev–Trinajstić information content (AvgIpc) is 2.28. The van der Waals surface area contributed by atoms with Gasteiger partial charge in [-0.05, 0) is 32.9 Å². The smallest absolute Gasteiger partial charge is 0.133 e. The summed E-state index contributed by atoms with van der Waals surface area (Å²) in [5.74, 6) is -2.45. The van der Waals surface area contributed by atoms with Crippen LogP contribution in [0.1, 0.15) is 37.8 Å². The van der Waals surface area contributed by atoms with Gasteiger partial charge in [-0.3, -0.25) is 4.90 Å². The van der Waals surface area contributed by atoms with E-state index in [1.54, 1.807) is 6.92 Å². The standard InChI is InChI=1S/C13H16F3N/c1-9(17-5-3-2-4-6-17)13-11(15)7-10(14)8-12(13)16/h7-9H,2-6H2,1H3. The molecule has 0 saturated carbocycles. The largest absolute Gasteiger partial charge is 0.296 e. The van der Waals surface area contributed by atoms with E-state index in [4.69, 9.17) is 0 Å². The number of hydrogen-bond donors (Lipinski definition) is 0. The van der Waals surface area contributed by atoms with Crippen LogP contribution in [-0.2, 0) is 0 Å². The lowest BCUT2D eigenvalue weighted by molar-refractivity contribution is 0.168. The Morgan fingerprint density at radius 2 is 1.53 bits per heavy atom. The number of rotatable bonds is 2. The molecule has 1 aliphatic heterocycles. The Labute approximate surface area is 99.2 Å². The summed E-state index contributed by atoms with van der Waals surface area (Å²) in [5.41, 5.74) is -0.0201. The second kappa shape index (κ2) is 5.08. The van der Waals surface area contributed by atoms with Gasteiger partial charge in [0.25, 0.3) is 0 Å². The van der Waals surface area contributed by atoms with Crippen molar-refractivity contribution in [2.75, 3.05) is 13.1 Å². The molecule has 1 atom stereocenters. The Balaban J connectivity index is 2.26. The van der Waals surface area contributed by atoms with E-state index in [9.17, 15) is 13.2 Å². The summed E-state index contributed by atoms with van der Waals surface area (Å²) in [7, 11) is 0. The molecule has 1 saturated heterocycles. The van der Waals surface area contributed by atoms with Crippen LogP contribution in [0.25, 0.3) is 0 Å². The number of nitrogens with zero attached hydrogens (tertiary/aromatic N) is 1. The molecule has 1 heterocycles. The maximum atomic E-state index is 13.6. The Kier molecular flexibility index (Phi) is 3.72. The van der Waals surface area contributed by atoms with Crippen LogP contribution in [-0.4, -0.2) is 18.0 Å². The van der Waals surface area contributed by atoms with Crippen molar-refractivity contribution in [2.24, 2.45) is 0 Å². The molecule has 1 aromatic carbocycles. The Morgan fingerprint density at radius 3 is 2.06 bits per heavy atom. The minimum Gasteiger partial charge on any atom is -0.296 e. The highest BCUT2D eigenvalue weighted by Gasteiger charge is 2.24. The fourth-order valence-electron chi connectivity index (χ4n) is 2.44. The van der Waals surface area contributed by atoms with Crippen molar-refractivity contribution < 1.29 is 13.2 Å². The van der Waals surface area contributed by atoms with Gasteiger partial charge in [-0.2, -0.15) is 0 Å². The monoisotopic (exact) mass is 243 g/mol. The maximum absolute atomic E-state index is 13.6. The number of halogens is 3. The van der Waals surface area contributed by atoms with Crippen LogP contribution < -0.4 is 0 Å². The third-order valence-electron chi connectivity index (χ3n) is 3.40. The number of likely N-dealkylation sites (tertiary alicyclic amines) is 1. The van der Waals surface area contributed by atoms with Crippen LogP contribution in [0.3, 0.4) is 0 Å². The van der Waals surface area contributed by atoms with E-state index in [1.165, 1.54) is 0 Å². The van der Waals surface area contributed by atoms with Crippen LogP contribution >= 0.6 is 0 Å². The summed E-state index contributed by atoms with van der Waals surface area (Å²) in [6.45, 7) is 3.46. The molecule has 1 aliphatic rings. The molecule has 0 spiro atoms. The second-order valence-corrected chi connectivity index (χ2v) is 4.56. The van der Waals surface area contributed by atoms with Gasteiger partial charge >= 0.3 is 0 Å². The number of piperidine rings is 1. The third kappa shape index (κ3) is 2.63. The van der Waals surface area contributed by atoms with Crippen LogP contribution in [0, 0.1) is 17.5 Å². The second-order valence-electron chi connectivity index (χ2n) is 4.56. The molecule has 1 fully saturated rings. The molecule has 1 nitrogen and oxygen atoms in total. The van der Waals surface area contributed by atoms with Crippen molar-refractivity contribution >= 4 is 0 Å². The first-order valence-electron chi connectivity index (χ1n) is 5.98. The molecule has 0 bridgehead atoms. The maximum Gasteiger partial charge on any atom is 0.133 e. The zero-order valence-electron chi connectivity index (χ0n) is 9.85. The first-order valence-corrected chi connectivity index (χ1v) is 5.98. The number of hydrogen-bond acceptors (Lipinski definition) is 1. The third-order valence-corrected chi connectivity index (χ3v) is 3.40. The predicted molar refractivity (Wildman–Crippen MR) is 60.2 cm³/mol. The zero-order chi connectivity index (χ0) is 12.4. The van der Waals surface area contributed by atoms with Gasteiger partial charge in [-0.25, -0.2) is 13.2 Å². The Hall–Kier alpha value is -1.03. The first kappa shape index (κ1) is 12.4. The van der Waals surface area contributed by atoms with Crippen molar-refractivity contribution in [3.8, 4) is 0 Å². The van der Waals surface area contributed by atoms with Gasteiger partial charge in [0.05, 0.1) is 0 Å². The van der Waals surface area contributed by atoms with Crippen molar-refractivity contribution in [1.82, 2.24) is 4.90 Å². The van der Waals surface area contributed by atoms with E-state index in [-0.39, 0.29) is 11.6 Å². The molecule has 0 radical (unpaired) electrons. The zero-order valence-corrected chi connectivity index (χ0v) is 9.85. The lowest BCUT2D eigenvalue weighted by Gasteiger charge is -2.32. The van der Waals surface area contributed by atoms with E-state index in [0.717, 1.165) is 44.5 Å². The molecule has 2 rings (SSSR count). The summed E-state index contributed by atoms with van der Waals surface area (Å²) in [6.07, 6.45) is 3.27. The minimum atomic E-state index is -0.866. The fourth-order valence-corrected chi connectivity index (χ4v) is 2.44. The molecule has 0 aliphatic carbocycles. The van der Waals surface area contributed by atoms with E-state index in [2.05, 4.69) is 0 Å². The lowest BCUT2D eigenvalue weighted by atomic mass is 10.0. The average molecular weight is 243 g/mol. The summed E-state index contributed by atoms with van der Waals surface area (Å²) in [4.78, 5) is 2.04. The molecular formula is C13H16F3N. The van der Waals surface area contributed by atoms with Gasteiger partial charge in [0.15, 0.2) is 0 Å². The molecule has 0 N–H and O–H groups in total. The summed E-state index contributed by atoms with van der Waals surface area (Å²) in [5, 5.41) is 0. The van der Waals surface area contributed by atoms with Gasteiger partial charge in [0.2, 0.25) is 0 Å². The van der Waals surface area contributed by atoms with Gasteiger partial charge in [0, 0.05) is 23.7 Å². The normalized spacial score (nSPS) is 19.3. The molecular weight excluding hydrogens is 227 g/mol. The van der Waals surface area contributed by atoms with Gasteiger partial charge in [-0.1, -0.05) is 6.42 Å². The van der Waals surface area contributed by atoms with Gasteiger partial charge in [-0.15, -0.1) is 0 Å². The quantitative estimate of drug-likeness (QED) is 0.766. The molecule has 1 unspecified atom stereocenters. The van der Waals surface area contributed by atoms with Crippen LogP contribution in [0.5, 0.6) is 0 Å². The van der Waals surface area contributed by atoms with E-state index in [0.29, 0.717) is 0 Å². The topological polar surface area (TPSA) is 3.24 Å². The van der Waals surface area contributed by atoms with E-state index < -0.39 is 17.5 Å². The minimum absolute atomic E-state index is 0.0201. The summed E-state index contributed by atoms with van der Waals surface area (Å²) < 4.78 is 40.0. The highest BCUT2D eigenvalue weighted by molar-refractivity contribution is 5.24. The fraction of sp³-hybridized carbons (Fsp3) is 0.538. The SMILES string of the molecule is CC(c1c(F)cc(F)cc1F)N1CCCCC1. The summed E-state index contributed by atoms with van der Waals surface area (Å²) in [6, 6.07) is 1.16. The highest BCUT2D eigenvalue weighted by Crippen LogP contribution is 2.28. The molecule has 1 aromatic rings. The molecule has 0 aromatic heterocycles. The van der Waals surface area contributed by atoms with E-state index in [1.807, 2.05) is 4.90 Å². The van der Waals surface area contributed by atoms with Crippen LogP contribution in [0.15, 0.2) is 12.1 Å². The highest BCUT2D eigenvalue weighted by atomic mass is 19.1. The first-order chi connectivity index (χ1) is 8.09. The molecule has 94 valence electrons. The molecule has 4 heteroatoms. The Bertz CT molecular complexity index is 377. The van der Waals surface area contributed by atoms with E-state index >= 15 is 0 Å². The van der Waals surface area contributed by atoms with Gasteiger partial charge < -0.3 is 0 Å². The van der Waals surface area contributed by atoms with Crippen LogP contribution in [0.4, 0.5) is 13.2 Å². The predicted octanol–water partition coefficient (Wildman–Crippen LogP) is 3.65. The van der Waals surface area contributed by atoms with Crippen molar-refractivity contribution in [3.63, 3.8) is 0 Å². The Morgan fingerprint density at radius 1 is 1.00 bits per heavy atom. The summed E-state index contributed by atoms with van der Waals surface area (Å²) >= 11 is 0. The van der Waals surface area contributed by atoms with Crippen LogP contribution in [0.2, 0.25) is 0 Å². The van der Waals surface area contributed by atoms with Crippen molar-refractivity contribution in [3.05, 3.63) is 35.1 Å².